The van der Waals surface area contributed by atoms with Gasteiger partial charge in [0.1, 0.15) is 0 Å². The molecule has 0 aromatic heterocycles. The molecule has 11 heavy (non-hydrogen) atoms. The van der Waals surface area contributed by atoms with Crippen LogP contribution < -0.4 is 0 Å². The van der Waals surface area contributed by atoms with Crippen molar-refractivity contribution in [3.8, 4) is 0 Å². The number of aliphatic hydroxyl groups is 1. The summed E-state index contributed by atoms with van der Waals surface area (Å²) >= 11 is 0. The first-order valence-electron chi connectivity index (χ1n) is 3.81. The Morgan fingerprint density at radius 2 is 2.18 bits per heavy atom. The Bertz CT molecular complexity index is 116. The van der Waals surface area contributed by atoms with E-state index >= 15 is 0 Å². The zero-order chi connectivity index (χ0) is 8.69. The first-order chi connectivity index (χ1) is 5.22. The molecule has 5 heteroatoms. The molecule has 1 atom stereocenters. The first-order valence-corrected chi connectivity index (χ1v) is 3.81. The molecule has 0 aliphatic carbocycles. The minimum atomic E-state index is 0.163. The van der Waals surface area contributed by atoms with Gasteiger partial charge in [-0.3, -0.25) is 0 Å². The summed E-state index contributed by atoms with van der Waals surface area (Å²) in [6.45, 7) is 6.14. The summed E-state index contributed by atoms with van der Waals surface area (Å²) in [7, 11) is 6.50. The third kappa shape index (κ3) is 5.25. The van der Waals surface area contributed by atoms with E-state index < -0.39 is 0 Å². The van der Waals surface area contributed by atoms with Crippen molar-refractivity contribution in [2.75, 3.05) is 13.2 Å². The molecule has 1 N–H and O–H groups in total. The van der Waals surface area contributed by atoms with Crippen LogP contribution in [-0.2, 0) is 4.65 Å². The van der Waals surface area contributed by atoms with E-state index in [1.165, 1.54) is 13.7 Å². The van der Waals surface area contributed by atoms with Crippen LogP contribution in [0.1, 0.15) is 13.8 Å². The molecular weight excluding hydrogens is 136 g/mol. The van der Waals surface area contributed by atoms with Crippen LogP contribution in [0.15, 0.2) is 0 Å². The van der Waals surface area contributed by atoms with Crippen molar-refractivity contribution in [3.63, 3.8) is 0 Å². The van der Waals surface area contributed by atoms with Gasteiger partial charge in [0.15, 0.2) is 0 Å². The van der Waals surface area contributed by atoms with Crippen molar-refractivity contribution in [2.45, 2.75) is 13.8 Å². The van der Waals surface area contributed by atoms with Crippen molar-refractivity contribution in [1.29, 1.82) is 0 Å². The molecule has 2 radical (unpaired) electrons. The van der Waals surface area contributed by atoms with Crippen LogP contribution in [0.4, 0.5) is 0 Å². The average Bonchev–Trinajstić information content (AvgIpc) is 1.97. The number of hydrogen-bond donors (Lipinski definition) is 1. The van der Waals surface area contributed by atoms with E-state index in [-0.39, 0.29) is 12.5 Å². The second kappa shape index (κ2) is 6.65. The maximum absolute atomic E-state index is 8.86. The quantitative estimate of drug-likeness (QED) is 0.539. The fourth-order valence-corrected chi connectivity index (χ4v) is 0.691. The predicted molar refractivity (Wildman–Crippen MR) is 48.6 cm³/mol. The number of rotatable bonds is 5. The molecule has 0 bridgehead atoms. The Balaban J connectivity index is 3.52. The summed E-state index contributed by atoms with van der Waals surface area (Å²) < 4.78 is 5.03. The topological polar surface area (TPSA) is 29.5 Å². The van der Waals surface area contributed by atoms with Crippen LogP contribution in [0.3, 0.4) is 0 Å². The van der Waals surface area contributed by atoms with Crippen LogP contribution in [-0.4, -0.2) is 39.8 Å². The third-order valence-electron chi connectivity index (χ3n) is 1.66. The first kappa shape index (κ1) is 11.0. The normalized spacial score (nSPS) is 12.7. The van der Waals surface area contributed by atoms with Gasteiger partial charge in [0, 0.05) is 0 Å². The second-order valence-electron chi connectivity index (χ2n) is 2.85. The van der Waals surface area contributed by atoms with Gasteiger partial charge in [0.2, 0.25) is 0 Å². The molecule has 0 heterocycles. The van der Waals surface area contributed by atoms with Crippen LogP contribution >= 0.6 is 0 Å². The predicted octanol–water partition coefficient (Wildman–Crippen LogP) is -0.411. The van der Waals surface area contributed by atoms with E-state index in [0.29, 0.717) is 12.5 Å². The molecule has 0 aliphatic rings. The Morgan fingerprint density at radius 1 is 1.55 bits per heavy atom. The molecule has 0 spiro atoms. The molecule has 0 aromatic rings. The summed E-state index contributed by atoms with van der Waals surface area (Å²) in [5.41, 5.74) is 0. The van der Waals surface area contributed by atoms with Crippen molar-refractivity contribution in [1.82, 2.24) is 0 Å². The van der Waals surface area contributed by atoms with Gasteiger partial charge < -0.3 is 0 Å². The van der Waals surface area contributed by atoms with Crippen LogP contribution in [0, 0.1) is 11.8 Å². The van der Waals surface area contributed by atoms with Gasteiger partial charge in [0.05, 0.1) is 0 Å². The third-order valence-corrected chi connectivity index (χ3v) is 1.66. The summed E-state index contributed by atoms with van der Waals surface area (Å²) in [5.74, 6) is 0.636. The van der Waals surface area contributed by atoms with Gasteiger partial charge in [-0.1, -0.05) is 0 Å². The second-order valence-corrected chi connectivity index (χ2v) is 2.85. The van der Waals surface area contributed by atoms with E-state index in [9.17, 15) is 0 Å². The van der Waals surface area contributed by atoms with E-state index in [4.69, 9.17) is 17.5 Å². The average molecular weight is 150 g/mol. The summed E-state index contributed by atoms with van der Waals surface area (Å²) in [6, 6.07) is 0. The van der Waals surface area contributed by atoms with Gasteiger partial charge in [-0.2, -0.15) is 0 Å². The van der Waals surface area contributed by atoms with Crippen molar-refractivity contribution >= 4 is 21.4 Å². The van der Waals surface area contributed by atoms with Gasteiger partial charge in [-0.15, -0.1) is 0 Å². The molecule has 0 fully saturated rings. The fourth-order valence-electron chi connectivity index (χ4n) is 0.691. The number of aliphatic hydroxyl groups excluding tert-OH is 1. The minimum absolute atomic E-state index is 0.163. The molecule has 1 unspecified atom stereocenters. The SMILES string of the molecule is [B]B=BOCC(CO)C(C)C. The Hall–Kier alpha value is -0.0452. The van der Waals surface area contributed by atoms with E-state index in [2.05, 4.69) is 13.8 Å². The fraction of sp³-hybridized carbons (Fsp3) is 1.00. The standard InChI is InChI=1S/C6H13B3O2/c1-5(2)6(3-10)4-11-9-8-7/h5-6,10H,3-4H2,1-2H3. The molecule has 0 aliphatic heterocycles. The summed E-state index contributed by atoms with van der Waals surface area (Å²) in [6.07, 6.45) is 0. The zero-order valence-electron chi connectivity index (χ0n) is 7.16. The Morgan fingerprint density at radius 3 is 2.55 bits per heavy atom. The van der Waals surface area contributed by atoms with Crippen molar-refractivity contribution in [3.05, 3.63) is 0 Å². The number of hydrogen-bond acceptors (Lipinski definition) is 2. The van der Waals surface area contributed by atoms with Gasteiger partial charge >= 0.3 is 70.1 Å². The molecule has 0 rings (SSSR count). The molecule has 2 nitrogen and oxygen atoms in total. The molecule has 0 saturated carbocycles. The maximum atomic E-state index is 8.86. The van der Waals surface area contributed by atoms with Crippen molar-refractivity contribution in [2.24, 2.45) is 11.8 Å². The van der Waals surface area contributed by atoms with Gasteiger partial charge in [0.25, 0.3) is 0 Å². The molecule has 0 amide bonds. The van der Waals surface area contributed by atoms with Crippen molar-refractivity contribution < 1.29 is 9.76 Å². The van der Waals surface area contributed by atoms with Crippen LogP contribution in [0.25, 0.3) is 0 Å². The monoisotopic (exact) mass is 150 g/mol. The Labute approximate surface area is 70.9 Å². The van der Waals surface area contributed by atoms with Crippen LogP contribution in [0.5, 0.6) is 0 Å². The van der Waals surface area contributed by atoms with E-state index in [0.717, 1.165) is 0 Å². The van der Waals surface area contributed by atoms with E-state index in [1.54, 1.807) is 0 Å². The molecule has 0 saturated heterocycles. The van der Waals surface area contributed by atoms with Gasteiger partial charge in [-0.05, 0) is 0 Å². The summed E-state index contributed by atoms with van der Waals surface area (Å²) in [5, 5.41) is 8.86. The molecular formula is C6H13B3O2. The van der Waals surface area contributed by atoms with Gasteiger partial charge in [-0.25, -0.2) is 0 Å². The molecule has 0 aromatic carbocycles. The summed E-state index contributed by atoms with van der Waals surface area (Å²) in [4.78, 5) is 0. The van der Waals surface area contributed by atoms with E-state index in [1.807, 2.05) is 0 Å². The molecule has 58 valence electrons. The Kier molecular flexibility index (Phi) is 6.62. The van der Waals surface area contributed by atoms with Crippen LogP contribution in [0.2, 0.25) is 0 Å². The zero-order valence-corrected chi connectivity index (χ0v) is 7.16.